The highest BCUT2D eigenvalue weighted by Gasteiger charge is 2.12. The molecule has 0 aliphatic heterocycles. The first-order chi connectivity index (χ1) is 4.80. The minimum absolute atomic E-state index is 0.139. The molecule has 10 heavy (non-hydrogen) atoms. The molecule has 0 saturated heterocycles. The van der Waals surface area contributed by atoms with Crippen LogP contribution in [-0.4, -0.2) is 17.0 Å². The predicted octanol–water partition coefficient (Wildman–Crippen LogP) is 1.05. The first kappa shape index (κ1) is 7.48. The fourth-order valence-electron chi connectivity index (χ4n) is 1.05. The van der Waals surface area contributed by atoms with Crippen LogP contribution in [0.25, 0.3) is 0 Å². The monoisotopic (exact) mass is 140 g/mol. The maximum absolute atomic E-state index is 10.8. The van der Waals surface area contributed by atoms with Gasteiger partial charge in [-0.15, -0.1) is 0 Å². The predicted molar refractivity (Wildman–Crippen MR) is 38.6 cm³/mol. The van der Waals surface area contributed by atoms with Gasteiger partial charge < -0.3 is 5.11 Å². The largest absolute Gasteiger partial charge is 0.385 e. The Balaban J connectivity index is 2.53. The summed E-state index contributed by atoms with van der Waals surface area (Å²) in [6.45, 7) is 0. The molecule has 0 spiro atoms. The van der Waals surface area contributed by atoms with Crippen molar-refractivity contribution < 1.29 is 9.90 Å². The molecule has 56 valence electrons. The van der Waals surface area contributed by atoms with Gasteiger partial charge in [0.1, 0.15) is 6.10 Å². The highest BCUT2D eigenvalue weighted by molar-refractivity contribution is 5.93. The van der Waals surface area contributed by atoms with Crippen molar-refractivity contribution in [3.63, 3.8) is 0 Å². The second-order valence-corrected chi connectivity index (χ2v) is 2.60. The molecule has 0 bridgehead atoms. The number of aliphatic hydroxyl groups is 1. The molecular formula is C8H12O2. The number of aliphatic hydroxyl groups excluding tert-OH is 1. The van der Waals surface area contributed by atoms with Crippen molar-refractivity contribution >= 4 is 5.78 Å². The minimum Gasteiger partial charge on any atom is -0.385 e. The average Bonchev–Trinajstić information content (AvgIpc) is 1.92. The molecule has 2 heteroatoms. The van der Waals surface area contributed by atoms with Crippen LogP contribution in [0.4, 0.5) is 0 Å². The van der Waals surface area contributed by atoms with E-state index >= 15 is 0 Å². The molecule has 1 atom stereocenters. The van der Waals surface area contributed by atoms with Crippen molar-refractivity contribution in [3.05, 3.63) is 12.2 Å². The van der Waals surface area contributed by atoms with E-state index in [0.29, 0.717) is 6.42 Å². The molecule has 1 rings (SSSR count). The van der Waals surface area contributed by atoms with Crippen molar-refractivity contribution in [1.82, 2.24) is 0 Å². The molecule has 0 saturated carbocycles. The summed E-state index contributed by atoms with van der Waals surface area (Å²) in [5.74, 6) is -0.139. The molecule has 1 aliphatic carbocycles. The van der Waals surface area contributed by atoms with Gasteiger partial charge in [-0.25, -0.2) is 0 Å². The summed E-state index contributed by atoms with van der Waals surface area (Å²) in [6, 6.07) is 0. The number of carbonyl (C=O) groups is 1. The molecule has 1 aliphatic rings. The zero-order chi connectivity index (χ0) is 7.40. The van der Waals surface area contributed by atoms with Crippen molar-refractivity contribution in [3.8, 4) is 0 Å². The van der Waals surface area contributed by atoms with Gasteiger partial charge in [-0.1, -0.05) is 12.5 Å². The van der Waals surface area contributed by atoms with E-state index in [1.54, 1.807) is 0 Å². The van der Waals surface area contributed by atoms with Crippen LogP contribution >= 0.6 is 0 Å². The topological polar surface area (TPSA) is 37.3 Å². The number of hydrogen-bond acceptors (Lipinski definition) is 2. The molecular weight excluding hydrogens is 128 g/mol. The van der Waals surface area contributed by atoms with Gasteiger partial charge in [-0.3, -0.25) is 4.79 Å². The van der Waals surface area contributed by atoms with Gasteiger partial charge in [0.05, 0.1) is 0 Å². The van der Waals surface area contributed by atoms with Gasteiger partial charge in [0, 0.05) is 0 Å². The third-order valence-electron chi connectivity index (χ3n) is 1.71. The molecule has 0 heterocycles. The minimum atomic E-state index is -0.739. The number of carbonyl (C=O) groups excluding carboxylic acids is 1. The maximum Gasteiger partial charge on any atom is 0.183 e. The lowest BCUT2D eigenvalue weighted by Gasteiger charge is -2.08. The zero-order valence-electron chi connectivity index (χ0n) is 5.92. The summed E-state index contributed by atoms with van der Waals surface area (Å²) in [4.78, 5) is 10.8. The van der Waals surface area contributed by atoms with E-state index in [1.807, 2.05) is 6.08 Å². The summed E-state index contributed by atoms with van der Waals surface area (Å²) in [6.07, 6.45) is 6.23. The lowest BCUT2D eigenvalue weighted by atomic mass is 10.0. The first-order valence-electron chi connectivity index (χ1n) is 3.69. The number of hydrogen-bond donors (Lipinski definition) is 1. The number of rotatable bonds is 0. The third kappa shape index (κ3) is 1.95. The molecule has 1 unspecified atom stereocenters. The third-order valence-corrected chi connectivity index (χ3v) is 1.71. The van der Waals surface area contributed by atoms with Gasteiger partial charge in [-0.05, 0) is 25.3 Å². The van der Waals surface area contributed by atoms with Crippen molar-refractivity contribution in [1.29, 1.82) is 0 Å². The molecule has 2 nitrogen and oxygen atoms in total. The van der Waals surface area contributed by atoms with Crippen LogP contribution in [0.2, 0.25) is 0 Å². The van der Waals surface area contributed by atoms with Crippen LogP contribution in [0.1, 0.15) is 25.7 Å². The summed E-state index contributed by atoms with van der Waals surface area (Å²) in [5, 5.41) is 9.08. The van der Waals surface area contributed by atoms with Crippen LogP contribution in [-0.2, 0) is 4.79 Å². The SMILES string of the molecule is O=C1C=CCCCCC1O. The Kier molecular flexibility index (Phi) is 2.63. The second-order valence-electron chi connectivity index (χ2n) is 2.60. The van der Waals surface area contributed by atoms with Crippen molar-refractivity contribution in [2.75, 3.05) is 0 Å². The number of allylic oxidation sites excluding steroid dienone is 1. The van der Waals surface area contributed by atoms with E-state index in [1.165, 1.54) is 6.08 Å². The first-order valence-corrected chi connectivity index (χ1v) is 3.69. The van der Waals surface area contributed by atoms with Gasteiger partial charge in [0.25, 0.3) is 0 Å². The second kappa shape index (κ2) is 3.52. The molecule has 0 fully saturated rings. The Morgan fingerprint density at radius 3 is 3.10 bits per heavy atom. The lowest BCUT2D eigenvalue weighted by molar-refractivity contribution is -0.122. The molecule has 0 aromatic heterocycles. The fourth-order valence-corrected chi connectivity index (χ4v) is 1.05. The van der Waals surface area contributed by atoms with E-state index in [-0.39, 0.29) is 5.78 Å². The molecule has 0 aromatic carbocycles. The van der Waals surface area contributed by atoms with Gasteiger partial charge in [0.15, 0.2) is 5.78 Å². The van der Waals surface area contributed by atoms with Gasteiger partial charge in [0.2, 0.25) is 0 Å². The van der Waals surface area contributed by atoms with Crippen LogP contribution in [0.15, 0.2) is 12.2 Å². The van der Waals surface area contributed by atoms with Crippen LogP contribution in [0.3, 0.4) is 0 Å². The molecule has 1 N–H and O–H groups in total. The molecule has 0 amide bonds. The Bertz CT molecular complexity index is 149. The summed E-state index contributed by atoms with van der Waals surface area (Å²) in [5.41, 5.74) is 0. The van der Waals surface area contributed by atoms with E-state index < -0.39 is 6.10 Å². The van der Waals surface area contributed by atoms with Gasteiger partial charge in [-0.2, -0.15) is 0 Å². The number of ketones is 1. The van der Waals surface area contributed by atoms with E-state index in [9.17, 15) is 4.79 Å². The van der Waals surface area contributed by atoms with Crippen molar-refractivity contribution in [2.24, 2.45) is 0 Å². The highest BCUT2D eigenvalue weighted by atomic mass is 16.3. The quantitative estimate of drug-likeness (QED) is 0.546. The summed E-state index contributed by atoms with van der Waals surface area (Å²) < 4.78 is 0. The Morgan fingerprint density at radius 2 is 2.30 bits per heavy atom. The standard InChI is InChI=1S/C8H12O2/c9-7-5-3-1-2-4-6-8(7)10/h3,5,8,10H,1-2,4,6H2. The smallest absolute Gasteiger partial charge is 0.183 e. The Labute approximate surface area is 60.6 Å². The van der Waals surface area contributed by atoms with Crippen LogP contribution < -0.4 is 0 Å². The maximum atomic E-state index is 10.8. The van der Waals surface area contributed by atoms with Crippen molar-refractivity contribution in [2.45, 2.75) is 31.8 Å². The Morgan fingerprint density at radius 1 is 1.50 bits per heavy atom. The fraction of sp³-hybridized carbons (Fsp3) is 0.625. The average molecular weight is 140 g/mol. The van der Waals surface area contributed by atoms with E-state index in [0.717, 1.165) is 19.3 Å². The zero-order valence-corrected chi connectivity index (χ0v) is 5.92. The normalized spacial score (nSPS) is 27.7. The van der Waals surface area contributed by atoms with E-state index in [4.69, 9.17) is 5.11 Å². The summed E-state index contributed by atoms with van der Waals surface area (Å²) in [7, 11) is 0. The van der Waals surface area contributed by atoms with Crippen LogP contribution in [0.5, 0.6) is 0 Å². The summed E-state index contributed by atoms with van der Waals surface area (Å²) >= 11 is 0. The Hall–Kier alpha value is -0.630. The molecule has 0 aromatic rings. The van der Waals surface area contributed by atoms with Gasteiger partial charge >= 0.3 is 0 Å². The van der Waals surface area contributed by atoms with E-state index in [2.05, 4.69) is 0 Å². The van der Waals surface area contributed by atoms with Crippen LogP contribution in [0, 0.1) is 0 Å². The lowest BCUT2D eigenvalue weighted by Crippen LogP contribution is -2.18. The highest BCUT2D eigenvalue weighted by Crippen LogP contribution is 2.08. The molecule has 0 radical (unpaired) electrons.